The second kappa shape index (κ2) is 12.2. The van der Waals surface area contributed by atoms with Crippen LogP contribution >= 0.6 is 0 Å². The van der Waals surface area contributed by atoms with Crippen molar-refractivity contribution in [2.45, 2.75) is 26.2 Å². The van der Waals surface area contributed by atoms with Gasteiger partial charge in [-0.3, -0.25) is 9.59 Å². The van der Waals surface area contributed by atoms with Gasteiger partial charge in [-0.05, 0) is 42.7 Å². The number of carbonyl (C=O) groups excluding carboxylic acids is 1. The summed E-state index contributed by atoms with van der Waals surface area (Å²) < 4.78 is 5.23. The lowest BCUT2D eigenvalue weighted by Gasteiger charge is -2.13. The van der Waals surface area contributed by atoms with Crippen LogP contribution in [0.5, 0.6) is 5.75 Å². The van der Waals surface area contributed by atoms with Crippen molar-refractivity contribution in [1.82, 2.24) is 0 Å². The number of hydrogen-bond acceptors (Lipinski definition) is 3. The summed E-state index contributed by atoms with van der Waals surface area (Å²) >= 11 is 0. The van der Waals surface area contributed by atoms with Gasteiger partial charge in [-0.25, -0.2) is 0 Å². The van der Waals surface area contributed by atoms with Crippen molar-refractivity contribution < 1.29 is 19.4 Å². The van der Waals surface area contributed by atoms with E-state index in [2.05, 4.69) is 0 Å². The number of rotatable bonds is 6. The van der Waals surface area contributed by atoms with Crippen LogP contribution in [0.1, 0.15) is 33.7 Å². The monoisotopic (exact) mass is 452 g/mol. The standard InChI is InChI=1S/2C15H14O2/c1-12-7-9-14(10-8-12)17-15(16)11-13-5-3-2-4-6-13;1-11-7-9-13(10-8-11)14(15(16)17)12-5-3-2-4-6-12/h2-10H,11H2,1H3;2-10,14H,1H3,(H,16,17). The Hall–Kier alpha value is -4.18. The topological polar surface area (TPSA) is 63.6 Å². The zero-order valence-corrected chi connectivity index (χ0v) is 19.3. The summed E-state index contributed by atoms with van der Waals surface area (Å²) in [6.07, 6.45) is 0.300. The van der Waals surface area contributed by atoms with E-state index in [0.29, 0.717) is 12.2 Å². The summed E-state index contributed by atoms with van der Waals surface area (Å²) in [6.45, 7) is 3.98. The van der Waals surface area contributed by atoms with Crippen molar-refractivity contribution in [2.24, 2.45) is 0 Å². The molecule has 0 bridgehead atoms. The molecular weight excluding hydrogens is 424 g/mol. The number of carboxylic acids is 1. The molecule has 0 aliphatic carbocycles. The van der Waals surface area contributed by atoms with Crippen LogP contribution in [0.3, 0.4) is 0 Å². The van der Waals surface area contributed by atoms with E-state index in [9.17, 15) is 14.7 Å². The molecular formula is C30H28O4. The Morgan fingerprint density at radius 3 is 1.68 bits per heavy atom. The zero-order chi connectivity index (χ0) is 24.3. The molecule has 172 valence electrons. The Bertz CT molecular complexity index is 1180. The number of aliphatic carboxylic acids is 1. The van der Waals surface area contributed by atoms with E-state index in [4.69, 9.17) is 4.74 Å². The maximum Gasteiger partial charge on any atom is 0.315 e. The summed E-state index contributed by atoms with van der Waals surface area (Å²) in [6, 6.07) is 34.0. The number of benzene rings is 4. The van der Waals surface area contributed by atoms with E-state index in [0.717, 1.165) is 27.8 Å². The van der Waals surface area contributed by atoms with Gasteiger partial charge >= 0.3 is 11.9 Å². The summed E-state index contributed by atoms with van der Waals surface area (Å²) in [5.74, 6) is -1.05. The largest absolute Gasteiger partial charge is 0.481 e. The number of carbonyl (C=O) groups is 2. The Morgan fingerprint density at radius 1 is 0.676 bits per heavy atom. The highest BCUT2D eigenvalue weighted by Gasteiger charge is 2.21. The van der Waals surface area contributed by atoms with Crippen LogP contribution in [0, 0.1) is 13.8 Å². The molecule has 4 rings (SSSR count). The molecule has 0 saturated heterocycles. The third-order valence-electron chi connectivity index (χ3n) is 5.23. The minimum Gasteiger partial charge on any atom is -0.481 e. The molecule has 1 atom stereocenters. The van der Waals surface area contributed by atoms with Crippen LogP contribution < -0.4 is 4.74 Å². The molecule has 0 aliphatic rings. The average molecular weight is 453 g/mol. The number of esters is 1. The van der Waals surface area contributed by atoms with E-state index in [1.54, 1.807) is 12.1 Å². The van der Waals surface area contributed by atoms with Crippen molar-refractivity contribution in [1.29, 1.82) is 0 Å². The first-order valence-corrected chi connectivity index (χ1v) is 11.1. The van der Waals surface area contributed by atoms with Crippen LogP contribution in [0.15, 0.2) is 109 Å². The van der Waals surface area contributed by atoms with Crippen LogP contribution in [0.4, 0.5) is 0 Å². The molecule has 1 N–H and O–H groups in total. The highest BCUT2D eigenvalue weighted by molar-refractivity contribution is 5.80. The van der Waals surface area contributed by atoms with Crippen molar-refractivity contribution >= 4 is 11.9 Å². The molecule has 0 amide bonds. The normalized spacial score (nSPS) is 11.0. The first kappa shape index (κ1) is 24.5. The highest BCUT2D eigenvalue weighted by atomic mass is 16.5. The van der Waals surface area contributed by atoms with Crippen LogP contribution in [-0.2, 0) is 16.0 Å². The van der Waals surface area contributed by atoms with Crippen molar-refractivity contribution in [2.75, 3.05) is 0 Å². The second-order valence-corrected chi connectivity index (χ2v) is 8.04. The van der Waals surface area contributed by atoms with Gasteiger partial charge in [-0.2, -0.15) is 0 Å². The Balaban J connectivity index is 0.000000191. The van der Waals surface area contributed by atoms with Gasteiger partial charge in [-0.1, -0.05) is 108 Å². The van der Waals surface area contributed by atoms with Gasteiger partial charge in [0.2, 0.25) is 0 Å². The first-order valence-electron chi connectivity index (χ1n) is 11.1. The third-order valence-corrected chi connectivity index (χ3v) is 5.23. The third kappa shape index (κ3) is 7.45. The number of hydrogen-bond donors (Lipinski definition) is 1. The van der Waals surface area contributed by atoms with Gasteiger partial charge in [0.05, 0.1) is 6.42 Å². The van der Waals surface area contributed by atoms with Gasteiger partial charge in [0.15, 0.2) is 0 Å². The molecule has 34 heavy (non-hydrogen) atoms. The SMILES string of the molecule is Cc1ccc(C(C(=O)O)c2ccccc2)cc1.Cc1ccc(OC(=O)Cc2ccccc2)cc1. The fourth-order valence-electron chi connectivity index (χ4n) is 3.42. The maximum absolute atomic E-state index is 11.6. The molecule has 4 nitrogen and oxygen atoms in total. The van der Waals surface area contributed by atoms with E-state index in [1.165, 1.54) is 0 Å². The Morgan fingerprint density at radius 2 is 1.15 bits per heavy atom. The average Bonchev–Trinajstić information content (AvgIpc) is 2.83. The second-order valence-electron chi connectivity index (χ2n) is 8.04. The van der Waals surface area contributed by atoms with Crippen LogP contribution in [-0.4, -0.2) is 17.0 Å². The highest BCUT2D eigenvalue weighted by Crippen LogP contribution is 2.25. The lowest BCUT2D eigenvalue weighted by molar-refractivity contribution is -0.137. The van der Waals surface area contributed by atoms with E-state index in [-0.39, 0.29) is 5.97 Å². The molecule has 4 aromatic rings. The van der Waals surface area contributed by atoms with E-state index >= 15 is 0 Å². The van der Waals surface area contributed by atoms with Gasteiger partial charge < -0.3 is 9.84 Å². The molecule has 0 heterocycles. The van der Waals surface area contributed by atoms with Gasteiger partial charge in [0.1, 0.15) is 11.7 Å². The number of ether oxygens (including phenoxy) is 1. The minimum atomic E-state index is -0.819. The lowest BCUT2D eigenvalue weighted by Crippen LogP contribution is -2.12. The van der Waals surface area contributed by atoms with Gasteiger partial charge in [-0.15, -0.1) is 0 Å². The Labute approximate surface area is 200 Å². The molecule has 1 unspecified atom stereocenters. The summed E-state index contributed by atoms with van der Waals surface area (Å²) in [5.41, 5.74) is 4.86. The fourth-order valence-corrected chi connectivity index (χ4v) is 3.42. The van der Waals surface area contributed by atoms with E-state index in [1.807, 2.05) is 111 Å². The van der Waals surface area contributed by atoms with Crippen LogP contribution in [0.25, 0.3) is 0 Å². The molecule has 0 spiro atoms. The summed E-state index contributed by atoms with van der Waals surface area (Å²) in [7, 11) is 0. The molecule has 0 aromatic heterocycles. The van der Waals surface area contributed by atoms with Crippen molar-refractivity contribution in [3.05, 3.63) is 137 Å². The van der Waals surface area contributed by atoms with Crippen molar-refractivity contribution in [3.63, 3.8) is 0 Å². The fraction of sp³-hybridized carbons (Fsp3) is 0.133. The van der Waals surface area contributed by atoms with Gasteiger partial charge in [0.25, 0.3) is 0 Å². The molecule has 0 radical (unpaired) electrons. The minimum absolute atomic E-state index is 0.236. The maximum atomic E-state index is 11.6. The molecule has 4 aromatic carbocycles. The number of aryl methyl sites for hydroxylation is 2. The predicted molar refractivity (Wildman–Crippen MR) is 134 cm³/mol. The molecule has 0 aliphatic heterocycles. The Kier molecular flexibility index (Phi) is 8.75. The predicted octanol–water partition coefficient (Wildman–Crippen LogP) is 6.35. The van der Waals surface area contributed by atoms with E-state index < -0.39 is 11.9 Å². The smallest absolute Gasteiger partial charge is 0.315 e. The van der Waals surface area contributed by atoms with Crippen LogP contribution in [0.2, 0.25) is 0 Å². The molecule has 0 saturated carbocycles. The quantitative estimate of drug-likeness (QED) is 0.273. The first-order chi connectivity index (χ1) is 16.4. The zero-order valence-electron chi connectivity index (χ0n) is 19.3. The number of carboxylic acid groups (broad SMARTS) is 1. The summed E-state index contributed by atoms with van der Waals surface area (Å²) in [5, 5.41) is 9.35. The van der Waals surface area contributed by atoms with Gasteiger partial charge in [0, 0.05) is 0 Å². The van der Waals surface area contributed by atoms with Crippen molar-refractivity contribution in [3.8, 4) is 5.75 Å². The molecule has 4 heteroatoms. The molecule has 0 fully saturated rings. The lowest BCUT2D eigenvalue weighted by atomic mass is 9.91. The summed E-state index contributed by atoms with van der Waals surface area (Å²) in [4.78, 5) is 23.0.